The summed E-state index contributed by atoms with van der Waals surface area (Å²) in [5.74, 6) is 1.43. The predicted octanol–water partition coefficient (Wildman–Crippen LogP) is -0.370. The molecule has 4 rings (SSSR count). The molecular formula is C18H28N6O4. The van der Waals surface area contributed by atoms with Crippen molar-refractivity contribution in [3.63, 3.8) is 0 Å². The molecule has 0 aromatic carbocycles. The van der Waals surface area contributed by atoms with Crippen molar-refractivity contribution < 1.29 is 20.1 Å². The molecule has 0 aliphatic carbocycles. The Morgan fingerprint density at radius 2 is 2.00 bits per heavy atom. The molecule has 2 aliphatic rings. The summed E-state index contributed by atoms with van der Waals surface area (Å²) in [6, 6.07) is 0. The number of hydrogen-bond donors (Lipinski definition) is 5. The maximum atomic E-state index is 10.3. The fourth-order valence-corrected chi connectivity index (χ4v) is 4.05. The number of rotatable bonds is 7. The maximum Gasteiger partial charge on any atom is 0.167 e. The second-order valence-corrected chi connectivity index (χ2v) is 7.54. The zero-order valence-electron chi connectivity index (χ0n) is 15.7. The maximum absolute atomic E-state index is 10.3. The lowest BCUT2D eigenvalue weighted by molar-refractivity contribution is -0.0511. The van der Waals surface area contributed by atoms with E-state index in [1.165, 1.54) is 31.9 Å². The minimum absolute atomic E-state index is 0.375. The molecule has 28 heavy (non-hydrogen) atoms. The van der Waals surface area contributed by atoms with Gasteiger partial charge in [0.2, 0.25) is 0 Å². The number of nitrogens with one attached hydrogen (secondary N) is 2. The van der Waals surface area contributed by atoms with Crippen molar-refractivity contribution in [1.82, 2.24) is 24.8 Å². The van der Waals surface area contributed by atoms with Crippen molar-refractivity contribution in [2.75, 3.05) is 31.6 Å². The van der Waals surface area contributed by atoms with Gasteiger partial charge in [-0.25, -0.2) is 15.0 Å². The summed E-state index contributed by atoms with van der Waals surface area (Å²) in [5, 5.41) is 36.3. The lowest BCUT2D eigenvalue weighted by atomic mass is 9.93. The van der Waals surface area contributed by atoms with Crippen LogP contribution in [0, 0.1) is 5.92 Å². The van der Waals surface area contributed by atoms with E-state index in [4.69, 9.17) is 4.74 Å². The standard InChI is InChI=1S/C18H28N6O4/c25-8-12-14(26)15(27)18(28-12)24-10-23-13-16(21-9-22-17(13)24)20-5-1-2-11-3-6-19-7-4-11/h9-12,14-15,18-19,25-27H,1-8H2,(H,20,21,22)/t12-,14-,15-,18-/m1/s1. The second kappa shape index (κ2) is 8.66. The Hall–Kier alpha value is -1.85. The monoisotopic (exact) mass is 392 g/mol. The fourth-order valence-electron chi connectivity index (χ4n) is 4.05. The van der Waals surface area contributed by atoms with Crippen LogP contribution in [-0.2, 0) is 4.74 Å². The third-order valence-electron chi connectivity index (χ3n) is 5.69. The Bertz CT molecular complexity index is 781. The average Bonchev–Trinajstić information content (AvgIpc) is 3.28. The van der Waals surface area contributed by atoms with E-state index in [2.05, 4.69) is 25.6 Å². The third-order valence-corrected chi connectivity index (χ3v) is 5.69. The van der Waals surface area contributed by atoms with E-state index < -0.39 is 24.5 Å². The van der Waals surface area contributed by atoms with Crippen molar-refractivity contribution in [3.05, 3.63) is 12.7 Å². The van der Waals surface area contributed by atoms with Crippen molar-refractivity contribution in [2.24, 2.45) is 5.92 Å². The highest BCUT2D eigenvalue weighted by Crippen LogP contribution is 2.32. The molecule has 0 spiro atoms. The number of imidazole rings is 1. The molecule has 4 heterocycles. The first-order valence-electron chi connectivity index (χ1n) is 9.93. The highest BCUT2D eigenvalue weighted by Gasteiger charge is 2.44. The molecule has 0 saturated carbocycles. The van der Waals surface area contributed by atoms with Crippen LogP contribution in [0.5, 0.6) is 0 Å². The van der Waals surface area contributed by atoms with Crippen LogP contribution in [0.4, 0.5) is 5.82 Å². The number of hydrogen-bond acceptors (Lipinski definition) is 9. The van der Waals surface area contributed by atoms with Crippen LogP contribution in [0.1, 0.15) is 31.9 Å². The van der Waals surface area contributed by atoms with E-state index in [-0.39, 0.29) is 6.61 Å². The number of aromatic nitrogens is 4. The molecule has 10 heteroatoms. The van der Waals surface area contributed by atoms with Gasteiger partial charge in [-0.2, -0.15) is 0 Å². The lowest BCUT2D eigenvalue weighted by Gasteiger charge is -2.22. The zero-order valence-corrected chi connectivity index (χ0v) is 15.7. The van der Waals surface area contributed by atoms with E-state index >= 15 is 0 Å². The summed E-state index contributed by atoms with van der Waals surface area (Å²) in [4.78, 5) is 12.9. The molecule has 0 radical (unpaired) electrons. The van der Waals surface area contributed by atoms with Gasteiger partial charge in [0.1, 0.15) is 24.6 Å². The summed E-state index contributed by atoms with van der Waals surface area (Å²) in [6.45, 7) is 2.66. The number of aliphatic hydroxyl groups is 3. The second-order valence-electron chi connectivity index (χ2n) is 7.54. The smallest absolute Gasteiger partial charge is 0.167 e. The molecule has 154 valence electrons. The van der Waals surface area contributed by atoms with E-state index in [0.717, 1.165) is 32.0 Å². The average molecular weight is 392 g/mol. The minimum atomic E-state index is -1.18. The lowest BCUT2D eigenvalue weighted by Crippen LogP contribution is -2.33. The fraction of sp³-hybridized carbons (Fsp3) is 0.722. The molecule has 2 aromatic rings. The Balaban J connectivity index is 1.42. The molecule has 5 N–H and O–H groups in total. The quantitative estimate of drug-likeness (QED) is 0.400. The number of fused-ring (bicyclic) bond motifs is 1. The Labute approximate surface area is 163 Å². The molecule has 0 bridgehead atoms. The molecule has 2 saturated heterocycles. The van der Waals surface area contributed by atoms with Gasteiger partial charge in [-0.05, 0) is 44.7 Å². The van der Waals surface area contributed by atoms with Gasteiger partial charge in [-0.15, -0.1) is 0 Å². The van der Waals surface area contributed by atoms with Crippen molar-refractivity contribution >= 4 is 17.0 Å². The number of anilines is 1. The Kier molecular flexibility index (Phi) is 6.02. The van der Waals surface area contributed by atoms with Gasteiger partial charge < -0.3 is 30.7 Å². The van der Waals surface area contributed by atoms with Crippen LogP contribution >= 0.6 is 0 Å². The van der Waals surface area contributed by atoms with Crippen LogP contribution in [0.25, 0.3) is 11.2 Å². The van der Waals surface area contributed by atoms with Crippen LogP contribution in [-0.4, -0.2) is 79.4 Å². The number of aliphatic hydroxyl groups excluding tert-OH is 3. The zero-order chi connectivity index (χ0) is 19.5. The summed E-state index contributed by atoms with van der Waals surface area (Å²) in [6.07, 6.45) is 3.65. The SMILES string of the molecule is OC[C@H]1O[C@@H](n2cnc3c(NCCCC4CCNCC4)ncnc32)[C@H](O)[C@@H]1O. The van der Waals surface area contributed by atoms with Gasteiger partial charge in [0, 0.05) is 6.54 Å². The molecule has 2 aliphatic heterocycles. The van der Waals surface area contributed by atoms with E-state index in [0.29, 0.717) is 17.0 Å². The third kappa shape index (κ3) is 3.83. The number of nitrogens with zero attached hydrogens (tertiary/aromatic N) is 4. The topological polar surface area (TPSA) is 138 Å². The summed E-state index contributed by atoms with van der Waals surface area (Å²) < 4.78 is 7.15. The largest absolute Gasteiger partial charge is 0.394 e. The summed E-state index contributed by atoms with van der Waals surface area (Å²) in [7, 11) is 0. The van der Waals surface area contributed by atoms with Gasteiger partial charge in [0.05, 0.1) is 12.9 Å². The van der Waals surface area contributed by atoms with E-state index in [1.807, 2.05) is 0 Å². The summed E-state index contributed by atoms with van der Waals surface area (Å²) in [5.41, 5.74) is 1.09. The minimum Gasteiger partial charge on any atom is -0.394 e. The summed E-state index contributed by atoms with van der Waals surface area (Å²) >= 11 is 0. The van der Waals surface area contributed by atoms with Gasteiger partial charge in [-0.1, -0.05) is 0 Å². The first-order valence-corrected chi connectivity index (χ1v) is 9.93. The molecule has 4 atom stereocenters. The van der Waals surface area contributed by atoms with Gasteiger partial charge in [-0.3, -0.25) is 4.57 Å². The van der Waals surface area contributed by atoms with Crippen molar-refractivity contribution in [1.29, 1.82) is 0 Å². The molecule has 0 amide bonds. The Morgan fingerprint density at radius 1 is 1.18 bits per heavy atom. The molecule has 0 unspecified atom stereocenters. The van der Waals surface area contributed by atoms with Gasteiger partial charge in [0.25, 0.3) is 0 Å². The van der Waals surface area contributed by atoms with Crippen LogP contribution in [0.2, 0.25) is 0 Å². The van der Waals surface area contributed by atoms with E-state index in [9.17, 15) is 15.3 Å². The van der Waals surface area contributed by atoms with Gasteiger partial charge in [0.15, 0.2) is 23.2 Å². The number of piperidine rings is 1. The predicted molar refractivity (Wildman–Crippen MR) is 102 cm³/mol. The van der Waals surface area contributed by atoms with Crippen LogP contribution in [0.3, 0.4) is 0 Å². The molecule has 10 nitrogen and oxygen atoms in total. The first-order chi connectivity index (χ1) is 13.7. The number of ether oxygens (including phenoxy) is 1. The van der Waals surface area contributed by atoms with Crippen molar-refractivity contribution in [2.45, 2.75) is 50.2 Å². The molecule has 2 aromatic heterocycles. The highest BCUT2D eigenvalue weighted by molar-refractivity contribution is 5.82. The highest BCUT2D eigenvalue weighted by atomic mass is 16.6. The first kappa shape index (κ1) is 19.5. The normalized spacial score (nSPS) is 28.8. The van der Waals surface area contributed by atoms with Crippen LogP contribution < -0.4 is 10.6 Å². The molecular weight excluding hydrogens is 364 g/mol. The van der Waals surface area contributed by atoms with E-state index in [1.54, 1.807) is 4.57 Å². The van der Waals surface area contributed by atoms with Gasteiger partial charge >= 0.3 is 0 Å². The van der Waals surface area contributed by atoms with Crippen molar-refractivity contribution in [3.8, 4) is 0 Å². The van der Waals surface area contributed by atoms with Crippen LogP contribution in [0.15, 0.2) is 12.7 Å². The Morgan fingerprint density at radius 3 is 2.75 bits per heavy atom. The molecule has 2 fully saturated rings.